The summed E-state index contributed by atoms with van der Waals surface area (Å²) in [5.74, 6) is -0.991. The van der Waals surface area contributed by atoms with E-state index in [4.69, 9.17) is 11.1 Å². The summed E-state index contributed by atoms with van der Waals surface area (Å²) in [7, 11) is 1.74. The van der Waals surface area contributed by atoms with Crippen LogP contribution in [-0.4, -0.2) is 48.0 Å². The number of hydrogen-bond donors (Lipinski definition) is 5. The number of H-pyrrole nitrogens is 2. The van der Waals surface area contributed by atoms with Gasteiger partial charge in [0.2, 0.25) is 0 Å². The highest BCUT2D eigenvalue weighted by Gasteiger charge is 2.23. The third-order valence-corrected chi connectivity index (χ3v) is 5.46. The van der Waals surface area contributed by atoms with E-state index in [0.29, 0.717) is 29.0 Å². The van der Waals surface area contributed by atoms with Crippen LogP contribution in [-0.2, 0) is 20.0 Å². The number of hydrogen-bond acceptors (Lipinski definition) is 7. The molecule has 0 unspecified atom stereocenters. The van der Waals surface area contributed by atoms with E-state index in [2.05, 4.69) is 30.7 Å². The molecule has 29 heavy (non-hydrogen) atoms. The smallest absolute Gasteiger partial charge is 0.269 e. The maximum absolute atomic E-state index is 12.8. The van der Waals surface area contributed by atoms with E-state index in [9.17, 15) is 9.59 Å². The summed E-state index contributed by atoms with van der Waals surface area (Å²) in [6.45, 7) is 0.108. The van der Waals surface area contributed by atoms with Gasteiger partial charge in [-0.2, -0.15) is 10.2 Å². The molecule has 0 spiro atoms. The van der Waals surface area contributed by atoms with Crippen LogP contribution in [0, 0.1) is 5.41 Å². The van der Waals surface area contributed by atoms with Gasteiger partial charge in [0.05, 0.1) is 22.6 Å². The van der Waals surface area contributed by atoms with E-state index in [0.717, 1.165) is 21.6 Å². The van der Waals surface area contributed by atoms with E-state index in [-0.39, 0.29) is 18.1 Å². The Balaban J connectivity index is 1.58. The van der Waals surface area contributed by atoms with Crippen molar-refractivity contribution in [3.63, 3.8) is 0 Å². The van der Waals surface area contributed by atoms with Gasteiger partial charge in [-0.05, 0) is 12.1 Å². The van der Waals surface area contributed by atoms with Gasteiger partial charge in [-0.3, -0.25) is 19.8 Å². The minimum Gasteiger partial charge on any atom is -0.364 e. The van der Waals surface area contributed by atoms with Gasteiger partial charge in [0.1, 0.15) is 16.4 Å². The molecule has 11 nitrogen and oxygen atoms in total. The fourth-order valence-electron chi connectivity index (χ4n) is 3.02. The quantitative estimate of drug-likeness (QED) is 0.281. The Kier molecular flexibility index (Phi) is 4.68. The van der Waals surface area contributed by atoms with Gasteiger partial charge < -0.3 is 21.0 Å². The highest BCUT2D eigenvalue weighted by Crippen LogP contribution is 2.30. The summed E-state index contributed by atoms with van der Waals surface area (Å²) in [6, 6.07) is 3.35. The number of thiazole rings is 1. The Morgan fingerprint density at radius 2 is 2.21 bits per heavy atom. The number of rotatable bonds is 7. The van der Waals surface area contributed by atoms with E-state index in [1.54, 1.807) is 17.8 Å². The first-order chi connectivity index (χ1) is 14.0. The number of carbonyl (C=O) groups is 2. The maximum Gasteiger partial charge on any atom is 0.269 e. The normalized spacial score (nSPS) is 11.1. The minimum atomic E-state index is -0.624. The molecule has 0 saturated carbocycles. The highest BCUT2D eigenvalue weighted by atomic mass is 32.1. The molecule has 0 aliphatic heterocycles. The zero-order valence-corrected chi connectivity index (χ0v) is 16.1. The molecule has 0 atom stereocenters. The lowest BCUT2D eigenvalue weighted by molar-refractivity contribution is 0.0941. The van der Waals surface area contributed by atoms with E-state index < -0.39 is 5.91 Å². The molecule has 0 aliphatic carbocycles. The van der Waals surface area contributed by atoms with Gasteiger partial charge in [-0.25, -0.2) is 4.98 Å². The summed E-state index contributed by atoms with van der Waals surface area (Å²) in [5, 5.41) is 24.7. The molecule has 6 N–H and O–H groups in total. The van der Waals surface area contributed by atoms with Crippen LogP contribution in [0.4, 0.5) is 0 Å². The third kappa shape index (κ3) is 3.40. The molecule has 4 aromatic rings. The number of amides is 2. The lowest BCUT2D eigenvalue weighted by Crippen LogP contribution is -2.26. The van der Waals surface area contributed by atoms with Gasteiger partial charge in [-0.15, -0.1) is 11.3 Å². The largest absolute Gasteiger partial charge is 0.364 e. The SMILES string of the molecule is Cn1c(C(=O)NCc2cc(C(N)=O)[nH]n2)c(C=N)c2sc(Cc3cc[nH]n3)nc21. The van der Waals surface area contributed by atoms with Crippen LogP contribution in [0.1, 0.15) is 42.9 Å². The molecule has 12 heteroatoms. The third-order valence-electron chi connectivity index (χ3n) is 4.38. The van der Waals surface area contributed by atoms with Crippen molar-refractivity contribution < 1.29 is 9.59 Å². The van der Waals surface area contributed by atoms with Crippen molar-refractivity contribution in [3.8, 4) is 0 Å². The van der Waals surface area contributed by atoms with Crippen molar-refractivity contribution in [2.75, 3.05) is 0 Å². The molecule has 0 bridgehead atoms. The summed E-state index contributed by atoms with van der Waals surface area (Å²) in [6.07, 6.45) is 3.48. The molecule has 4 heterocycles. The van der Waals surface area contributed by atoms with E-state index in [1.807, 2.05) is 6.07 Å². The Labute approximate surface area is 167 Å². The molecule has 0 radical (unpaired) electrons. The lowest BCUT2D eigenvalue weighted by Gasteiger charge is -2.06. The second-order valence-electron chi connectivity index (χ2n) is 6.29. The number of aromatic nitrogens is 6. The first-order valence-corrected chi connectivity index (χ1v) is 9.39. The second kappa shape index (κ2) is 7.31. The molecular weight excluding hydrogens is 394 g/mol. The number of primary amides is 1. The van der Waals surface area contributed by atoms with Crippen molar-refractivity contribution in [1.29, 1.82) is 5.41 Å². The molecule has 0 aromatic carbocycles. The van der Waals surface area contributed by atoms with Crippen LogP contribution in [0.25, 0.3) is 10.3 Å². The van der Waals surface area contributed by atoms with Crippen LogP contribution in [0.15, 0.2) is 18.3 Å². The van der Waals surface area contributed by atoms with Crippen LogP contribution < -0.4 is 11.1 Å². The molecular formula is C17H17N9O2S. The minimum absolute atomic E-state index is 0.108. The predicted octanol–water partition coefficient (Wildman–Crippen LogP) is 0.698. The molecule has 148 valence electrons. The van der Waals surface area contributed by atoms with Crippen LogP contribution in [0.3, 0.4) is 0 Å². The zero-order chi connectivity index (χ0) is 20.5. The van der Waals surface area contributed by atoms with Gasteiger partial charge in [0.25, 0.3) is 11.8 Å². The molecule has 0 fully saturated rings. The summed E-state index contributed by atoms with van der Waals surface area (Å²) in [4.78, 5) is 28.5. The monoisotopic (exact) mass is 411 g/mol. The maximum atomic E-state index is 12.8. The van der Waals surface area contributed by atoms with Crippen LogP contribution >= 0.6 is 11.3 Å². The number of nitrogens with zero attached hydrogens (tertiary/aromatic N) is 4. The Bertz CT molecular complexity index is 1220. The number of nitrogens with two attached hydrogens (primary N) is 1. The van der Waals surface area contributed by atoms with E-state index in [1.165, 1.54) is 17.4 Å². The van der Waals surface area contributed by atoms with Crippen molar-refractivity contribution in [2.45, 2.75) is 13.0 Å². The van der Waals surface area contributed by atoms with Crippen molar-refractivity contribution in [3.05, 3.63) is 51.7 Å². The fraction of sp³-hybridized carbons (Fsp3) is 0.176. The van der Waals surface area contributed by atoms with Crippen LogP contribution in [0.2, 0.25) is 0 Å². The first kappa shape index (κ1) is 18.6. The Hall–Kier alpha value is -3.80. The Morgan fingerprint density at radius 1 is 1.38 bits per heavy atom. The number of carbonyl (C=O) groups excluding carboxylic acids is 2. The van der Waals surface area contributed by atoms with Crippen molar-refractivity contribution >= 4 is 39.7 Å². The fourth-order valence-corrected chi connectivity index (χ4v) is 4.14. The highest BCUT2D eigenvalue weighted by molar-refractivity contribution is 7.19. The number of fused-ring (bicyclic) bond motifs is 1. The van der Waals surface area contributed by atoms with Gasteiger partial charge in [0, 0.05) is 31.4 Å². The number of nitrogens with one attached hydrogen (secondary N) is 4. The standard InChI is InChI=1S/C17H17N9O2S/c1-26-13(17(28)20-7-9-4-11(15(19)27)25-24-9)10(6-18)14-16(26)22-12(29-14)5-8-2-3-21-23-8/h2-4,6,18H,5,7H2,1H3,(H2,19,27)(H,20,28)(H,21,23)(H,24,25). The Morgan fingerprint density at radius 3 is 2.86 bits per heavy atom. The van der Waals surface area contributed by atoms with Gasteiger partial charge >= 0.3 is 0 Å². The molecule has 0 aliphatic rings. The predicted molar refractivity (Wildman–Crippen MR) is 106 cm³/mol. The molecule has 2 amide bonds. The number of aryl methyl sites for hydroxylation is 1. The number of aromatic amines is 2. The average Bonchev–Trinajstić information content (AvgIpc) is 3.46. The van der Waals surface area contributed by atoms with Crippen molar-refractivity contribution in [2.24, 2.45) is 12.8 Å². The van der Waals surface area contributed by atoms with Crippen LogP contribution in [0.5, 0.6) is 0 Å². The second-order valence-corrected chi connectivity index (χ2v) is 7.37. The summed E-state index contributed by atoms with van der Waals surface area (Å²) in [5.41, 5.74) is 8.17. The molecule has 0 saturated heterocycles. The topological polar surface area (TPSA) is 171 Å². The van der Waals surface area contributed by atoms with Crippen molar-refractivity contribution in [1.82, 2.24) is 35.3 Å². The lowest BCUT2D eigenvalue weighted by atomic mass is 10.2. The summed E-state index contributed by atoms with van der Waals surface area (Å²) < 4.78 is 2.45. The van der Waals surface area contributed by atoms with E-state index >= 15 is 0 Å². The zero-order valence-electron chi connectivity index (χ0n) is 15.3. The first-order valence-electron chi connectivity index (χ1n) is 8.57. The molecule has 4 aromatic heterocycles. The van der Waals surface area contributed by atoms with Gasteiger partial charge in [0.15, 0.2) is 5.65 Å². The van der Waals surface area contributed by atoms with Gasteiger partial charge in [-0.1, -0.05) is 0 Å². The molecule has 4 rings (SSSR count). The summed E-state index contributed by atoms with van der Waals surface area (Å²) >= 11 is 1.43. The average molecular weight is 411 g/mol.